The number of thiazole rings is 1. The van der Waals surface area contributed by atoms with Crippen LogP contribution in [0.25, 0.3) is 0 Å². The Morgan fingerprint density at radius 1 is 1.05 bits per heavy atom. The summed E-state index contributed by atoms with van der Waals surface area (Å²) < 4.78 is 0. The van der Waals surface area contributed by atoms with Crippen LogP contribution in [0.15, 0.2) is 0 Å². The molecule has 0 aliphatic rings. The van der Waals surface area contributed by atoms with Gasteiger partial charge in [-0.05, 0) is 13.8 Å². The van der Waals surface area contributed by atoms with Gasteiger partial charge in [0.2, 0.25) is 0 Å². The van der Waals surface area contributed by atoms with Crippen LogP contribution in [0.4, 0.5) is 5.13 Å². The number of pyridine rings is 1. The molecular weight excluding hydrogens is 364 g/mol. The maximum atomic E-state index is 12.1. The van der Waals surface area contributed by atoms with Gasteiger partial charge in [0.05, 0.1) is 20.8 Å². The van der Waals surface area contributed by atoms with Gasteiger partial charge < -0.3 is 0 Å². The summed E-state index contributed by atoms with van der Waals surface area (Å²) in [5.41, 5.74) is 0.744. The van der Waals surface area contributed by atoms with Crippen molar-refractivity contribution < 1.29 is 4.79 Å². The molecule has 2 aromatic rings. The summed E-state index contributed by atoms with van der Waals surface area (Å²) >= 11 is 24.8. The number of carbonyl (C=O) groups is 1. The number of aromatic nitrogens is 2. The van der Waals surface area contributed by atoms with Crippen molar-refractivity contribution in [3.63, 3.8) is 0 Å². The average Bonchev–Trinajstić information content (AvgIpc) is 2.70. The first-order valence-corrected chi connectivity index (χ1v) is 7.59. The van der Waals surface area contributed by atoms with E-state index in [1.807, 2.05) is 13.8 Å². The quantitative estimate of drug-likeness (QED) is 0.755. The molecule has 0 spiro atoms. The molecule has 2 aromatic heterocycles. The highest BCUT2D eigenvalue weighted by molar-refractivity contribution is 7.15. The number of aryl methyl sites for hydroxylation is 2. The molecule has 9 heteroatoms. The normalized spacial score (nSPS) is 10.7. The Kier molecular flexibility index (Phi) is 4.76. The third-order valence-corrected chi connectivity index (χ3v) is 5.11. The van der Waals surface area contributed by atoms with E-state index in [4.69, 9.17) is 46.4 Å². The fourth-order valence-electron chi connectivity index (χ4n) is 1.32. The van der Waals surface area contributed by atoms with Crippen LogP contribution < -0.4 is 5.32 Å². The van der Waals surface area contributed by atoms with Crippen molar-refractivity contribution in [1.29, 1.82) is 0 Å². The summed E-state index contributed by atoms with van der Waals surface area (Å²) in [5.74, 6) is -0.552. The number of carbonyl (C=O) groups excluding carboxylic acids is 1. The van der Waals surface area contributed by atoms with Crippen molar-refractivity contribution in [2.45, 2.75) is 13.8 Å². The standard InChI is InChI=1S/C11H7Cl4N3OS/c1-3-4(2)20-11(16-3)18-10(19)8-6(13)5(12)7(14)9(15)17-8/h1-2H3,(H,16,18,19). The number of anilines is 1. The minimum Gasteiger partial charge on any atom is -0.296 e. The van der Waals surface area contributed by atoms with E-state index >= 15 is 0 Å². The smallest absolute Gasteiger partial charge is 0.277 e. The predicted octanol–water partition coefficient (Wildman–Crippen LogP) is 5.02. The second-order valence-corrected chi connectivity index (χ2v) is 6.50. The van der Waals surface area contributed by atoms with E-state index in [1.54, 1.807) is 0 Å². The van der Waals surface area contributed by atoms with E-state index in [0.29, 0.717) is 5.13 Å². The average molecular weight is 371 g/mol. The molecule has 0 aliphatic heterocycles. The number of nitrogens with zero attached hydrogens (tertiary/aromatic N) is 2. The molecule has 0 bridgehead atoms. The number of rotatable bonds is 2. The van der Waals surface area contributed by atoms with E-state index in [-0.39, 0.29) is 25.9 Å². The van der Waals surface area contributed by atoms with Gasteiger partial charge in [-0.25, -0.2) is 9.97 Å². The zero-order valence-corrected chi connectivity index (χ0v) is 14.1. The van der Waals surface area contributed by atoms with Gasteiger partial charge >= 0.3 is 0 Å². The van der Waals surface area contributed by atoms with E-state index < -0.39 is 5.91 Å². The van der Waals surface area contributed by atoms with Crippen LogP contribution >= 0.6 is 57.7 Å². The van der Waals surface area contributed by atoms with Crippen LogP contribution in [0.3, 0.4) is 0 Å². The minimum absolute atomic E-state index is 0.00927. The zero-order valence-electron chi connectivity index (χ0n) is 10.2. The van der Waals surface area contributed by atoms with Crippen LogP contribution in [-0.4, -0.2) is 15.9 Å². The van der Waals surface area contributed by atoms with E-state index in [9.17, 15) is 4.79 Å². The SMILES string of the molecule is Cc1nc(NC(=O)c2nc(Cl)c(Cl)c(Cl)c2Cl)sc1C. The van der Waals surface area contributed by atoms with Crippen LogP contribution in [0, 0.1) is 13.8 Å². The van der Waals surface area contributed by atoms with Crippen LogP contribution in [0.5, 0.6) is 0 Å². The van der Waals surface area contributed by atoms with Gasteiger partial charge in [0.25, 0.3) is 5.91 Å². The highest BCUT2D eigenvalue weighted by atomic mass is 35.5. The molecule has 20 heavy (non-hydrogen) atoms. The lowest BCUT2D eigenvalue weighted by molar-refractivity contribution is 0.102. The summed E-state index contributed by atoms with van der Waals surface area (Å²) in [5, 5.41) is 2.91. The molecule has 2 heterocycles. The van der Waals surface area contributed by atoms with Gasteiger partial charge in [-0.15, -0.1) is 11.3 Å². The van der Waals surface area contributed by atoms with Crippen molar-refractivity contribution in [2.24, 2.45) is 0 Å². The van der Waals surface area contributed by atoms with Crippen molar-refractivity contribution in [1.82, 2.24) is 9.97 Å². The molecule has 0 aromatic carbocycles. The molecule has 0 atom stereocenters. The molecule has 0 radical (unpaired) electrons. The predicted molar refractivity (Wildman–Crippen MR) is 83.8 cm³/mol. The summed E-state index contributed by atoms with van der Waals surface area (Å²) in [6.07, 6.45) is 0. The van der Waals surface area contributed by atoms with Crippen LogP contribution in [0.2, 0.25) is 20.2 Å². The molecule has 0 fully saturated rings. The Morgan fingerprint density at radius 3 is 2.25 bits per heavy atom. The molecule has 1 amide bonds. The van der Waals surface area contributed by atoms with Gasteiger partial charge in [-0.3, -0.25) is 10.1 Å². The summed E-state index contributed by atoms with van der Waals surface area (Å²) in [4.78, 5) is 21.2. The summed E-state index contributed by atoms with van der Waals surface area (Å²) in [7, 11) is 0. The van der Waals surface area contributed by atoms with E-state index in [1.165, 1.54) is 11.3 Å². The van der Waals surface area contributed by atoms with E-state index in [0.717, 1.165) is 10.6 Å². The van der Waals surface area contributed by atoms with Crippen molar-refractivity contribution >= 4 is 68.8 Å². The molecular formula is C11H7Cl4N3OS. The van der Waals surface area contributed by atoms with Crippen molar-refractivity contribution in [3.05, 3.63) is 36.5 Å². The van der Waals surface area contributed by atoms with Crippen LogP contribution in [0.1, 0.15) is 21.1 Å². The van der Waals surface area contributed by atoms with Gasteiger partial charge in [0, 0.05) is 4.88 Å². The highest BCUT2D eigenvalue weighted by Gasteiger charge is 2.21. The highest BCUT2D eigenvalue weighted by Crippen LogP contribution is 2.36. The number of halogens is 4. The Balaban J connectivity index is 2.34. The molecule has 2 rings (SSSR count). The number of nitrogens with one attached hydrogen (secondary N) is 1. The van der Waals surface area contributed by atoms with Gasteiger partial charge in [0.1, 0.15) is 5.15 Å². The lowest BCUT2D eigenvalue weighted by Crippen LogP contribution is -2.14. The molecule has 1 N–H and O–H groups in total. The van der Waals surface area contributed by atoms with Crippen molar-refractivity contribution in [2.75, 3.05) is 5.32 Å². The van der Waals surface area contributed by atoms with Gasteiger partial charge in [-0.1, -0.05) is 46.4 Å². The number of amides is 1. The Hall–Kier alpha value is -0.590. The minimum atomic E-state index is -0.552. The summed E-state index contributed by atoms with van der Waals surface area (Å²) in [6.45, 7) is 3.76. The molecule has 0 unspecified atom stereocenters. The molecule has 0 saturated carbocycles. The Bertz CT molecular complexity index is 682. The third-order valence-electron chi connectivity index (χ3n) is 2.45. The monoisotopic (exact) mass is 369 g/mol. The molecule has 106 valence electrons. The Labute approximate surface area is 139 Å². The first kappa shape index (κ1) is 15.8. The molecule has 0 aliphatic carbocycles. The molecule has 4 nitrogen and oxygen atoms in total. The fourth-order valence-corrected chi connectivity index (χ4v) is 2.94. The lowest BCUT2D eigenvalue weighted by atomic mass is 10.3. The first-order chi connectivity index (χ1) is 9.31. The van der Waals surface area contributed by atoms with Crippen molar-refractivity contribution in [3.8, 4) is 0 Å². The second-order valence-electron chi connectivity index (χ2n) is 3.81. The first-order valence-electron chi connectivity index (χ1n) is 5.26. The lowest BCUT2D eigenvalue weighted by Gasteiger charge is -2.07. The molecule has 0 saturated heterocycles. The fraction of sp³-hybridized carbons (Fsp3) is 0.182. The van der Waals surface area contributed by atoms with Gasteiger partial charge in [-0.2, -0.15) is 0 Å². The number of hydrogen-bond acceptors (Lipinski definition) is 4. The summed E-state index contributed by atoms with van der Waals surface area (Å²) in [6, 6.07) is 0. The van der Waals surface area contributed by atoms with Gasteiger partial charge in [0.15, 0.2) is 10.8 Å². The topological polar surface area (TPSA) is 54.9 Å². The maximum absolute atomic E-state index is 12.1. The van der Waals surface area contributed by atoms with Crippen LogP contribution in [-0.2, 0) is 0 Å². The largest absolute Gasteiger partial charge is 0.296 e. The number of hydrogen-bond donors (Lipinski definition) is 1. The third kappa shape index (κ3) is 3.02. The second kappa shape index (κ2) is 6.03. The Morgan fingerprint density at radius 2 is 1.70 bits per heavy atom. The zero-order chi connectivity index (χ0) is 15.0. The van der Waals surface area contributed by atoms with E-state index in [2.05, 4.69) is 15.3 Å². The maximum Gasteiger partial charge on any atom is 0.277 e.